The van der Waals surface area contributed by atoms with Gasteiger partial charge in [-0.2, -0.15) is 0 Å². The van der Waals surface area contributed by atoms with Crippen molar-refractivity contribution in [2.75, 3.05) is 31.2 Å². The van der Waals surface area contributed by atoms with E-state index in [9.17, 15) is 5.11 Å². The molecule has 1 saturated carbocycles. The predicted octanol–water partition coefficient (Wildman–Crippen LogP) is 3.10. The van der Waals surface area contributed by atoms with Crippen LogP contribution in [0.15, 0.2) is 54.9 Å². The standard InChI is InChI=1S/C25H30N4O4/c30-25(33-20-4-2-1-3-5-20)28-18-6-8-21(9-7-18)32-23-17-19(29-12-14-31-15-13-29)16-22-24(23)27-11-10-26-22/h1-5,10-11,16-18,21,25,28,30H,6-9,12-15H2. The number of nitrogens with one attached hydrogen (secondary N) is 1. The Balaban J connectivity index is 1.21. The number of aliphatic hydroxyl groups is 1. The van der Waals surface area contributed by atoms with Crippen LogP contribution in [0, 0.1) is 0 Å². The van der Waals surface area contributed by atoms with E-state index in [0.717, 1.165) is 74.5 Å². The first-order chi connectivity index (χ1) is 16.2. The maximum Gasteiger partial charge on any atom is 0.257 e. The number of fused-ring (bicyclic) bond motifs is 1. The van der Waals surface area contributed by atoms with E-state index in [1.165, 1.54) is 0 Å². The number of nitrogens with zero attached hydrogens (tertiary/aromatic N) is 3. The van der Waals surface area contributed by atoms with Crippen molar-refractivity contribution < 1.29 is 19.3 Å². The molecule has 5 rings (SSSR count). The fourth-order valence-corrected chi connectivity index (χ4v) is 4.51. The maximum absolute atomic E-state index is 10.2. The Morgan fingerprint density at radius 2 is 1.76 bits per heavy atom. The molecule has 2 N–H and O–H groups in total. The molecular formula is C25H30N4O4. The van der Waals surface area contributed by atoms with E-state index >= 15 is 0 Å². The van der Waals surface area contributed by atoms with Gasteiger partial charge in [0.05, 0.1) is 24.8 Å². The molecule has 8 heteroatoms. The van der Waals surface area contributed by atoms with E-state index < -0.39 is 6.41 Å². The summed E-state index contributed by atoms with van der Waals surface area (Å²) in [5, 5.41) is 13.4. The van der Waals surface area contributed by atoms with Crippen LogP contribution in [0.5, 0.6) is 11.5 Å². The Morgan fingerprint density at radius 3 is 2.55 bits per heavy atom. The van der Waals surface area contributed by atoms with Gasteiger partial charge in [0.1, 0.15) is 17.0 Å². The Morgan fingerprint density at radius 1 is 1.00 bits per heavy atom. The van der Waals surface area contributed by atoms with Crippen molar-refractivity contribution in [3.05, 3.63) is 54.9 Å². The molecule has 174 valence electrons. The van der Waals surface area contributed by atoms with Gasteiger partial charge < -0.3 is 24.2 Å². The van der Waals surface area contributed by atoms with E-state index in [0.29, 0.717) is 5.75 Å². The molecule has 2 heterocycles. The molecule has 0 bridgehead atoms. The number of para-hydroxylation sites is 1. The lowest BCUT2D eigenvalue weighted by Gasteiger charge is -2.32. The second-order valence-electron chi connectivity index (χ2n) is 8.51. The van der Waals surface area contributed by atoms with Crippen molar-refractivity contribution >= 4 is 16.7 Å². The number of hydrogen-bond acceptors (Lipinski definition) is 8. The van der Waals surface area contributed by atoms with Crippen LogP contribution in [0.3, 0.4) is 0 Å². The molecule has 2 aromatic carbocycles. The van der Waals surface area contributed by atoms with Gasteiger partial charge in [-0.25, -0.2) is 4.98 Å². The molecule has 1 aliphatic heterocycles. The molecular weight excluding hydrogens is 420 g/mol. The van der Waals surface area contributed by atoms with Gasteiger partial charge >= 0.3 is 0 Å². The van der Waals surface area contributed by atoms with Gasteiger partial charge in [-0.3, -0.25) is 10.3 Å². The number of hydrogen-bond donors (Lipinski definition) is 2. The normalized spacial score (nSPS) is 22.2. The fourth-order valence-electron chi connectivity index (χ4n) is 4.51. The fraction of sp³-hybridized carbons (Fsp3) is 0.440. The maximum atomic E-state index is 10.2. The van der Waals surface area contributed by atoms with Crippen molar-refractivity contribution in [1.82, 2.24) is 15.3 Å². The lowest BCUT2D eigenvalue weighted by Crippen LogP contribution is -2.44. The largest absolute Gasteiger partial charge is 0.488 e. The lowest BCUT2D eigenvalue weighted by molar-refractivity contribution is -0.0570. The Hall–Kier alpha value is -2.94. The summed E-state index contributed by atoms with van der Waals surface area (Å²) in [5.41, 5.74) is 2.73. The van der Waals surface area contributed by atoms with E-state index in [-0.39, 0.29) is 12.1 Å². The number of rotatable bonds is 7. The first kappa shape index (κ1) is 21.9. The highest BCUT2D eigenvalue weighted by Gasteiger charge is 2.25. The highest BCUT2D eigenvalue weighted by Crippen LogP contribution is 2.33. The molecule has 2 aliphatic rings. The smallest absolute Gasteiger partial charge is 0.257 e. The van der Waals surface area contributed by atoms with Crippen LogP contribution >= 0.6 is 0 Å². The SMILES string of the molecule is OC(NC1CCC(Oc2cc(N3CCOCC3)cc3nccnc23)CC1)Oc1ccccc1. The molecule has 2 fully saturated rings. The van der Waals surface area contributed by atoms with Crippen LogP contribution in [-0.2, 0) is 4.74 Å². The van der Waals surface area contributed by atoms with Crippen molar-refractivity contribution in [2.45, 2.75) is 44.2 Å². The van der Waals surface area contributed by atoms with Gasteiger partial charge in [0.15, 0.2) is 0 Å². The number of benzene rings is 2. The number of anilines is 1. The van der Waals surface area contributed by atoms with Crippen molar-refractivity contribution in [2.24, 2.45) is 0 Å². The summed E-state index contributed by atoms with van der Waals surface area (Å²) in [6.45, 7) is 3.17. The third kappa shape index (κ3) is 5.52. The number of morpholine rings is 1. The summed E-state index contributed by atoms with van der Waals surface area (Å²) in [6, 6.07) is 13.7. The second kappa shape index (κ2) is 10.3. The highest BCUT2D eigenvalue weighted by atomic mass is 16.6. The summed E-state index contributed by atoms with van der Waals surface area (Å²) in [7, 11) is 0. The zero-order chi connectivity index (χ0) is 22.5. The summed E-state index contributed by atoms with van der Waals surface area (Å²) in [6.07, 6.45) is 6.06. The molecule has 1 aromatic heterocycles. The monoisotopic (exact) mass is 450 g/mol. The van der Waals surface area contributed by atoms with Gasteiger partial charge in [-0.1, -0.05) is 18.2 Å². The number of ether oxygens (including phenoxy) is 3. The van der Waals surface area contributed by atoms with Gasteiger partial charge in [0.25, 0.3) is 6.41 Å². The third-order valence-corrected chi connectivity index (χ3v) is 6.24. The molecule has 0 spiro atoms. The average Bonchev–Trinajstić information content (AvgIpc) is 2.86. The van der Waals surface area contributed by atoms with Crippen LogP contribution in [0.2, 0.25) is 0 Å². The second-order valence-corrected chi connectivity index (χ2v) is 8.51. The Kier molecular flexibility index (Phi) is 6.85. The zero-order valence-electron chi connectivity index (χ0n) is 18.6. The topological polar surface area (TPSA) is 89.0 Å². The lowest BCUT2D eigenvalue weighted by atomic mass is 9.93. The van der Waals surface area contributed by atoms with Gasteiger partial charge in [-0.15, -0.1) is 0 Å². The van der Waals surface area contributed by atoms with E-state index in [1.54, 1.807) is 12.4 Å². The van der Waals surface area contributed by atoms with Crippen molar-refractivity contribution in [3.8, 4) is 11.5 Å². The van der Waals surface area contributed by atoms with E-state index in [1.807, 2.05) is 30.3 Å². The number of aromatic nitrogens is 2. The van der Waals surface area contributed by atoms with E-state index in [2.05, 4.69) is 32.3 Å². The summed E-state index contributed by atoms with van der Waals surface area (Å²) in [4.78, 5) is 11.4. The van der Waals surface area contributed by atoms with Crippen molar-refractivity contribution in [1.29, 1.82) is 0 Å². The predicted molar refractivity (Wildman–Crippen MR) is 125 cm³/mol. The van der Waals surface area contributed by atoms with Crippen LogP contribution in [0.1, 0.15) is 25.7 Å². The van der Waals surface area contributed by atoms with Gasteiger partial charge in [-0.05, 0) is 43.9 Å². The van der Waals surface area contributed by atoms with Crippen LogP contribution < -0.4 is 19.7 Å². The zero-order valence-corrected chi connectivity index (χ0v) is 18.6. The van der Waals surface area contributed by atoms with Crippen LogP contribution in [0.4, 0.5) is 5.69 Å². The minimum absolute atomic E-state index is 0.0976. The molecule has 1 atom stereocenters. The van der Waals surface area contributed by atoms with Crippen molar-refractivity contribution in [3.63, 3.8) is 0 Å². The number of aliphatic hydroxyl groups excluding tert-OH is 1. The van der Waals surface area contributed by atoms with E-state index in [4.69, 9.17) is 14.2 Å². The third-order valence-electron chi connectivity index (χ3n) is 6.24. The Labute approximate surface area is 193 Å². The molecule has 1 unspecified atom stereocenters. The summed E-state index contributed by atoms with van der Waals surface area (Å²) >= 11 is 0. The van der Waals surface area contributed by atoms with Crippen LogP contribution in [0.25, 0.3) is 11.0 Å². The summed E-state index contributed by atoms with van der Waals surface area (Å²) < 4.78 is 17.5. The highest BCUT2D eigenvalue weighted by molar-refractivity contribution is 5.85. The van der Waals surface area contributed by atoms with Gasteiger partial charge in [0.2, 0.25) is 0 Å². The minimum atomic E-state index is -1.03. The molecule has 1 saturated heterocycles. The van der Waals surface area contributed by atoms with Crippen LogP contribution in [-0.4, -0.2) is 59.9 Å². The van der Waals surface area contributed by atoms with Gasteiger partial charge in [0, 0.05) is 43.3 Å². The molecule has 0 radical (unpaired) electrons. The summed E-state index contributed by atoms with van der Waals surface area (Å²) in [5.74, 6) is 1.42. The minimum Gasteiger partial charge on any atom is -0.488 e. The average molecular weight is 451 g/mol. The first-order valence-electron chi connectivity index (χ1n) is 11.6. The Bertz CT molecular complexity index is 1040. The molecule has 0 amide bonds. The molecule has 1 aliphatic carbocycles. The molecule has 8 nitrogen and oxygen atoms in total. The molecule has 33 heavy (non-hydrogen) atoms. The molecule has 3 aromatic rings. The quantitative estimate of drug-likeness (QED) is 0.531. The first-order valence-corrected chi connectivity index (χ1v) is 11.6.